The molecule has 1 saturated carbocycles. The lowest BCUT2D eigenvalue weighted by atomic mass is 10.1. The summed E-state index contributed by atoms with van der Waals surface area (Å²) >= 11 is 0. The van der Waals surface area contributed by atoms with Crippen molar-refractivity contribution >= 4 is 5.96 Å². The van der Waals surface area contributed by atoms with Crippen molar-refractivity contribution in [2.24, 2.45) is 4.99 Å². The Morgan fingerprint density at radius 3 is 2.70 bits per heavy atom. The van der Waals surface area contributed by atoms with Crippen LogP contribution in [0.4, 0.5) is 0 Å². The van der Waals surface area contributed by atoms with Crippen LogP contribution in [0, 0.1) is 13.8 Å². The van der Waals surface area contributed by atoms with E-state index in [1.165, 1.54) is 18.4 Å². The second kappa shape index (κ2) is 10.9. The molecule has 0 atom stereocenters. The van der Waals surface area contributed by atoms with Crippen LogP contribution < -0.4 is 20.1 Å². The van der Waals surface area contributed by atoms with E-state index in [1.807, 2.05) is 26.0 Å². The molecular weight excluding hydrogens is 380 g/mol. The lowest BCUT2D eigenvalue weighted by Crippen LogP contribution is -2.37. The number of benzene rings is 1. The summed E-state index contributed by atoms with van der Waals surface area (Å²) in [4.78, 5) is 4.34. The van der Waals surface area contributed by atoms with E-state index in [1.54, 1.807) is 14.2 Å². The zero-order valence-corrected chi connectivity index (χ0v) is 18.6. The van der Waals surface area contributed by atoms with Gasteiger partial charge in [-0.25, -0.2) is 0 Å². The largest absolute Gasteiger partial charge is 0.493 e. The van der Waals surface area contributed by atoms with E-state index >= 15 is 0 Å². The number of guanidine groups is 1. The molecule has 0 saturated heterocycles. The zero-order chi connectivity index (χ0) is 21.3. The van der Waals surface area contributed by atoms with Gasteiger partial charge in [0.2, 0.25) is 0 Å². The fourth-order valence-electron chi connectivity index (χ4n) is 3.90. The maximum absolute atomic E-state index is 6.32. The lowest BCUT2D eigenvalue weighted by Gasteiger charge is -2.20. The summed E-state index contributed by atoms with van der Waals surface area (Å²) < 4.78 is 17.1. The molecule has 0 unspecified atom stereocenters. The fourth-order valence-corrected chi connectivity index (χ4v) is 3.90. The molecule has 1 aliphatic carbocycles. The summed E-state index contributed by atoms with van der Waals surface area (Å²) in [6, 6.07) is 6.03. The SMILES string of the molecule is CN=C(NCCCc1c(C)noc1C)NCc1cccc(OC)c1OC1CCCC1. The monoisotopic (exact) mass is 414 g/mol. The smallest absolute Gasteiger partial charge is 0.191 e. The van der Waals surface area contributed by atoms with Gasteiger partial charge in [-0.15, -0.1) is 0 Å². The van der Waals surface area contributed by atoms with Crippen molar-refractivity contribution in [1.82, 2.24) is 15.8 Å². The Balaban J connectivity index is 1.52. The van der Waals surface area contributed by atoms with Crippen LogP contribution in [-0.2, 0) is 13.0 Å². The third-order valence-electron chi connectivity index (χ3n) is 5.61. The summed E-state index contributed by atoms with van der Waals surface area (Å²) in [6.07, 6.45) is 6.87. The van der Waals surface area contributed by atoms with Gasteiger partial charge in [0.1, 0.15) is 5.76 Å². The number of rotatable bonds is 9. The number of aryl methyl sites for hydroxylation is 2. The topological polar surface area (TPSA) is 80.9 Å². The number of hydrogen-bond acceptors (Lipinski definition) is 5. The first-order valence-corrected chi connectivity index (χ1v) is 10.8. The van der Waals surface area contributed by atoms with Crippen molar-refractivity contribution < 1.29 is 14.0 Å². The molecule has 2 N–H and O–H groups in total. The minimum absolute atomic E-state index is 0.279. The Hall–Kier alpha value is -2.70. The van der Waals surface area contributed by atoms with E-state index < -0.39 is 0 Å². The van der Waals surface area contributed by atoms with Gasteiger partial charge in [-0.1, -0.05) is 17.3 Å². The average molecular weight is 415 g/mol. The van der Waals surface area contributed by atoms with Crippen LogP contribution >= 0.6 is 0 Å². The third-order valence-corrected chi connectivity index (χ3v) is 5.61. The van der Waals surface area contributed by atoms with Gasteiger partial charge in [-0.2, -0.15) is 0 Å². The summed E-state index contributed by atoms with van der Waals surface area (Å²) in [6.45, 7) is 5.37. The molecule has 7 nitrogen and oxygen atoms in total. The molecule has 0 aliphatic heterocycles. The van der Waals surface area contributed by atoms with Crippen molar-refractivity contribution in [2.75, 3.05) is 20.7 Å². The highest BCUT2D eigenvalue weighted by Gasteiger charge is 2.20. The number of aromatic nitrogens is 1. The molecule has 30 heavy (non-hydrogen) atoms. The molecule has 0 radical (unpaired) electrons. The molecular formula is C23H34N4O3. The van der Waals surface area contributed by atoms with E-state index in [0.717, 1.165) is 66.7 Å². The lowest BCUT2D eigenvalue weighted by molar-refractivity contribution is 0.198. The minimum Gasteiger partial charge on any atom is -0.493 e. The van der Waals surface area contributed by atoms with E-state index in [-0.39, 0.29) is 6.10 Å². The van der Waals surface area contributed by atoms with Crippen LogP contribution in [0.15, 0.2) is 27.7 Å². The third kappa shape index (κ3) is 5.68. The van der Waals surface area contributed by atoms with Crippen LogP contribution in [0.25, 0.3) is 0 Å². The molecule has 2 aromatic rings. The van der Waals surface area contributed by atoms with Gasteiger partial charge < -0.3 is 24.6 Å². The summed E-state index contributed by atoms with van der Waals surface area (Å²) in [5, 5.41) is 10.8. The maximum Gasteiger partial charge on any atom is 0.191 e. The first-order chi connectivity index (χ1) is 14.6. The van der Waals surface area contributed by atoms with Crippen molar-refractivity contribution in [3.05, 3.63) is 40.8 Å². The average Bonchev–Trinajstić information content (AvgIpc) is 3.38. The number of aliphatic imine (C=N–C) groups is 1. The molecule has 1 fully saturated rings. The van der Waals surface area contributed by atoms with Crippen molar-refractivity contribution in [1.29, 1.82) is 0 Å². The molecule has 3 rings (SSSR count). The van der Waals surface area contributed by atoms with E-state index in [4.69, 9.17) is 14.0 Å². The van der Waals surface area contributed by atoms with Gasteiger partial charge in [0.15, 0.2) is 17.5 Å². The van der Waals surface area contributed by atoms with E-state index in [2.05, 4.69) is 26.8 Å². The first kappa shape index (κ1) is 22.0. The quantitative estimate of drug-likeness (QED) is 0.368. The number of nitrogens with zero attached hydrogens (tertiary/aromatic N) is 2. The van der Waals surface area contributed by atoms with Gasteiger partial charge in [-0.05, 0) is 58.4 Å². The Labute approximate surface area is 179 Å². The van der Waals surface area contributed by atoms with Crippen LogP contribution in [0.5, 0.6) is 11.5 Å². The van der Waals surface area contributed by atoms with Gasteiger partial charge in [0.05, 0.1) is 18.9 Å². The van der Waals surface area contributed by atoms with Gasteiger partial charge in [-0.3, -0.25) is 4.99 Å². The molecule has 1 aromatic carbocycles. The molecule has 0 amide bonds. The number of nitrogens with one attached hydrogen (secondary N) is 2. The molecule has 1 heterocycles. The van der Waals surface area contributed by atoms with Crippen molar-refractivity contribution in [3.8, 4) is 11.5 Å². The van der Waals surface area contributed by atoms with Gasteiger partial charge in [0.25, 0.3) is 0 Å². The van der Waals surface area contributed by atoms with Crippen molar-refractivity contribution in [3.63, 3.8) is 0 Å². The highest BCUT2D eigenvalue weighted by molar-refractivity contribution is 5.79. The zero-order valence-electron chi connectivity index (χ0n) is 18.6. The summed E-state index contributed by atoms with van der Waals surface area (Å²) in [5.41, 5.74) is 3.24. The number of hydrogen-bond donors (Lipinski definition) is 2. The molecule has 164 valence electrons. The standard InChI is InChI=1S/C23H34N4O3/c1-16-20(17(2)30-27-16)12-8-14-25-23(24-3)26-15-18-9-7-13-21(28-4)22(18)29-19-10-5-6-11-19/h7,9,13,19H,5-6,8,10-12,14-15H2,1-4H3,(H2,24,25,26). The Kier molecular flexibility index (Phi) is 7.99. The predicted molar refractivity (Wildman–Crippen MR) is 118 cm³/mol. The fraction of sp³-hybridized carbons (Fsp3) is 0.565. The number of ether oxygens (including phenoxy) is 2. The molecule has 0 spiro atoms. The predicted octanol–water partition coefficient (Wildman–Crippen LogP) is 3.92. The highest BCUT2D eigenvalue weighted by atomic mass is 16.5. The Morgan fingerprint density at radius 1 is 1.23 bits per heavy atom. The summed E-state index contributed by atoms with van der Waals surface area (Å²) in [7, 11) is 3.47. The highest BCUT2D eigenvalue weighted by Crippen LogP contribution is 2.34. The Bertz CT molecular complexity index is 821. The minimum atomic E-state index is 0.279. The van der Waals surface area contributed by atoms with Gasteiger partial charge in [0, 0.05) is 31.3 Å². The van der Waals surface area contributed by atoms with Crippen LogP contribution in [0.1, 0.15) is 54.7 Å². The van der Waals surface area contributed by atoms with Crippen LogP contribution in [0.2, 0.25) is 0 Å². The second-order valence-electron chi connectivity index (χ2n) is 7.73. The normalized spacial score (nSPS) is 14.7. The molecule has 1 aliphatic rings. The van der Waals surface area contributed by atoms with Gasteiger partial charge >= 0.3 is 0 Å². The number of methoxy groups -OCH3 is 1. The van der Waals surface area contributed by atoms with E-state index in [0.29, 0.717) is 6.54 Å². The van der Waals surface area contributed by atoms with Crippen LogP contribution in [-0.4, -0.2) is 37.9 Å². The Morgan fingerprint density at radius 2 is 2.03 bits per heavy atom. The van der Waals surface area contributed by atoms with Crippen molar-refractivity contribution in [2.45, 2.75) is 65.0 Å². The molecule has 7 heteroatoms. The number of para-hydroxylation sites is 1. The summed E-state index contributed by atoms with van der Waals surface area (Å²) in [5.74, 6) is 3.29. The van der Waals surface area contributed by atoms with E-state index in [9.17, 15) is 0 Å². The maximum atomic E-state index is 6.32. The molecule has 0 bridgehead atoms. The molecule has 1 aromatic heterocycles. The van der Waals surface area contributed by atoms with Crippen LogP contribution in [0.3, 0.4) is 0 Å². The second-order valence-corrected chi connectivity index (χ2v) is 7.73. The first-order valence-electron chi connectivity index (χ1n) is 10.8.